The minimum Gasteiger partial charge on any atom is -0.329 e. The Morgan fingerprint density at radius 3 is 2.61 bits per heavy atom. The van der Waals surface area contributed by atoms with Crippen molar-refractivity contribution in [1.29, 1.82) is 0 Å². The fourth-order valence-corrected chi connectivity index (χ4v) is 1.90. The van der Waals surface area contributed by atoms with Crippen molar-refractivity contribution in [3.8, 4) is 12.3 Å². The first-order valence-corrected chi connectivity index (χ1v) is 6.20. The summed E-state index contributed by atoms with van der Waals surface area (Å²) in [5, 5.41) is 2.90. The largest absolute Gasteiger partial charge is 0.329 e. The molecule has 0 heterocycles. The van der Waals surface area contributed by atoms with Crippen LogP contribution in [0.3, 0.4) is 0 Å². The summed E-state index contributed by atoms with van der Waals surface area (Å²) in [7, 11) is 0. The summed E-state index contributed by atoms with van der Waals surface area (Å²) in [6.07, 6.45) is 6.78. The van der Waals surface area contributed by atoms with Crippen molar-refractivity contribution >= 4 is 11.6 Å². The lowest BCUT2D eigenvalue weighted by atomic mass is 9.81. The van der Waals surface area contributed by atoms with Crippen LogP contribution in [0.1, 0.15) is 32.3 Å². The normalized spacial score (nSPS) is 10.8. The zero-order valence-corrected chi connectivity index (χ0v) is 11.0. The number of nitrogens with one attached hydrogen (secondary N) is 1. The average molecular weight is 244 g/mol. The standard InChI is InChI=1S/C15H20N2O/c1-4-12-8-7-9-13(10-12)17-14(18)15(5-2,6-3)11-16/h1,7-10H,5-6,11,16H2,2-3H3,(H,17,18). The Morgan fingerprint density at radius 2 is 2.11 bits per heavy atom. The lowest BCUT2D eigenvalue weighted by Gasteiger charge is -2.28. The molecule has 0 radical (unpaired) electrons. The summed E-state index contributed by atoms with van der Waals surface area (Å²) in [4.78, 5) is 12.3. The number of nitrogens with two attached hydrogens (primary N) is 1. The van der Waals surface area contributed by atoms with Gasteiger partial charge in [-0.3, -0.25) is 4.79 Å². The van der Waals surface area contributed by atoms with Gasteiger partial charge in [-0.2, -0.15) is 0 Å². The van der Waals surface area contributed by atoms with Crippen LogP contribution in [-0.2, 0) is 4.79 Å². The number of hydrogen-bond donors (Lipinski definition) is 2. The van der Waals surface area contributed by atoms with E-state index in [0.717, 1.165) is 24.1 Å². The number of anilines is 1. The molecule has 1 amide bonds. The molecule has 0 atom stereocenters. The number of benzene rings is 1. The lowest BCUT2D eigenvalue weighted by Crippen LogP contribution is -2.41. The molecule has 0 bridgehead atoms. The van der Waals surface area contributed by atoms with Crippen LogP contribution >= 0.6 is 0 Å². The monoisotopic (exact) mass is 244 g/mol. The van der Waals surface area contributed by atoms with Gasteiger partial charge in [-0.15, -0.1) is 6.42 Å². The molecule has 1 rings (SSSR count). The van der Waals surface area contributed by atoms with Gasteiger partial charge in [0.2, 0.25) is 5.91 Å². The Balaban J connectivity index is 2.90. The van der Waals surface area contributed by atoms with Crippen LogP contribution < -0.4 is 11.1 Å². The Kier molecular flexibility index (Phi) is 4.94. The second-order valence-electron chi connectivity index (χ2n) is 4.37. The van der Waals surface area contributed by atoms with Gasteiger partial charge in [-0.25, -0.2) is 0 Å². The van der Waals surface area contributed by atoms with Crippen molar-refractivity contribution in [3.05, 3.63) is 29.8 Å². The molecule has 1 aromatic rings. The van der Waals surface area contributed by atoms with Crippen LogP contribution in [0.25, 0.3) is 0 Å². The third-order valence-corrected chi connectivity index (χ3v) is 3.51. The molecule has 0 unspecified atom stereocenters. The predicted octanol–water partition coefficient (Wildman–Crippen LogP) is 2.37. The first-order chi connectivity index (χ1) is 8.61. The zero-order valence-electron chi connectivity index (χ0n) is 11.0. The maximum atomic E-state index is 12.3. The van der Waals surface area contributed by atoms with Gasteiger partial charge in [0.15, 0.2) is 0 Å². The molecule has 3 N–H and O–H groups in total. The van der Waals surface area contributed by atoms with Crippen molar-refractivity contribution < 1.29 is 4.79 Å². The highest BCUT2D eigenvalue weighted by Crippen LogP contribution is 2.27. The quantitative estimate of drug-likeness (QED) is 0.781. The van der Waals surface area contributed by atoms with Crippen LogP contribution in [-0.4, -0.2) is 12.5 Å². The maximum Gasteiger partial charge on any atom is 0.231 e. The van der Waals surface area contributed by atoms with Gasteiger partial charge in [0.05, 0.1) is 5.41 Å². The molecule has 0 fully saturated rings. The van der Waals surface area contributed by atoms with E-state index in [0.29, 0.717) is 6.54 Å². The first kappa shape index (κ1) is 14.3. The molecular weight excluding hydrogens is 224 g/mol. The summed E-state index contributed by atoms with van der Waals surface area (Å²) in [5.74, 6) is 2.51. The van der Waals surface area contributed by atoms with Crippen molar-refractivity contribution in [3.63, 3.8) is 0 Å². The summed E-state index contributed by atoms with van der Waals surface area (Å²) >= 11 is 0. The smallest absolute Gasteiger partial charge is 0.231 e. The summed E-state index contributed by atoms with van der Waals surface area (Å²) in [6.45, 7) is 4.31. The van der Waals surface area contributed by atoms with E-state index in [9.17, 15) is 4.79 Å². The highest BCUT2D eigenvalue weighted by atomic mass is 16.2. The number of hydrogen-bond acceptors (Lipinski definition) is 2. The fraction of sp³-hybridized carbons (Fsp3) is 0.400. The summed E-state index contributed by atoms with van der Waals surface area (Å²) in [5.41, 5.74) is 6.72. The number of carbonyl (C=O) groups excluding carboxylic acids is 1. The second-order valence-corrected chi connectivity index (χ2v) is 4.37. The summed E-state index contributed by atoms with van der Waals surface area (Å²) < 4.78 is 0. The third kappa shape index (κ3) is 2.91. The van der Waals surface area contributed by atoms with E-state index in [1.807, 2.05) is 32.0 Å². The van der Waals surface area contributed by atoms with E-state index >= 15 is 0 Å². The molecule has 3 heteroatoms. The number of rotatable bonds is 5. The van der Waals surface area contributed by atoms with E-state index in [-0.39, 0.29) is 5.91 Å². The molecule has 0 aliphatic rings. The Labute approximate surface area is 109 Å². The van der Waals surface area contributed by atoms with Crippen LogP contribution in [0, 0.1) is 17.8 Å². The Morgan fingerprint density at radius 1 is 1.44 bits per heavy atom. The minimum atomic E-state index is -0.494. The van der Waals surface area contributed by atoms with Gasteiger partial charge in [0.1, 0.15) is 0 Å². The second kappa shape index (κ2) is 6.23. The topological polar surface area (TPSA) is 55.1 Å². The van der Waals surface area contributed by atoms with E-state index in [1.54, 1.807) is 6.07 Å². The zero-order chi connectivity index (χ0) is 13.6. The summed E-state index contributed by atoms with van der Waals surface area (Å²) in [6, 6.07) is 7.26. The van der Waals surface area contributed by atoms with Crippen LogP contribution in [0.4, 0.5) is 5.69 Å². The molecule has 3 nitrogen and oxygen atoms in total. The van der Waals surface area contributed by atoms with Crippen molar-refractivity contribution in [1.82, 2.24) is 0 Å². The number of amides is 1. The van der Waals surface area contributed by atoms with Gasteiger partial charge in [0.25, 0.3) is 0 Å². The molecule has 0 aromatic heterocycles. The van der Waals surface area contributed by atoms with Crippen LogP contribution in [0.2, 0.25) is 0 Å². The Hall–Kier alpha value is -1.79. The van der Waals surface area contributed by atoms with Crippen molar-refractivity contribution in [2.75, 3.05) is 11.9 Å². The van der Waals surface area contributed by atoms with E-state index < -0.39 is 5.41 Å². The van der Waals surface area contributed by atoms with E-state index in [4.69, 9.17) is 12.2 Å². The van der Waals surface area contributed by atoms with Crippen LogP contribution in [0.15, 0.2) is 24.3 Å². The molecule has 0 saturated heterocycles. The number of terminal acetylenes is 1. The van der Waals surface area contributed by atoms with Gasteiger partial charge in [-0.05, 0) is 31.0 Å². The van der Waals surface area contributed by atoms with Crippen molar-refractivity contribution in [2.24, 2.45) is 11.1 Å². The van der Waals surface area contributed by atoms with Gasteiger partial charge < -0.3 is 11.1 Å². The molecule has 0 aliphatic carbocycles. The third-order valence-electron chi connectivity index (χ3n) is 3.51. The minimum absolute atomic E-state index is 0.0378. The average Bonchev–Trinajstić information content (AvgIpc) is 2.41. The van der Waals surface area contributed by atoms with Crippen molar-refractivity contribution in [2.45, 2.75) is 26.7 Å². The van der Waals surface area contributed by atoms with Gasteiger partial charge in [0, 0.05) is 17.8 Å². The van der Waals surface area contributed by atoms with Gasteiger partial charge in [-0.1, -0.05) is 25.8 Å². The molecule has 0 aliphatic heterocycles. The molecule has 0 saturated carbocycles. The molecule has 0 spiro atoms. The predicted molar refractivity (Wildman–Crippen MR) is 75.1 cm³/mol. The van der Waals surface area contributed by atoms with Crippen LogP contribution in [0.5, 0.6) is 0 Å². The molecule has 96 valence electrons. The number of carbonyl (C=O) groups is 1. The fourth-order valence-electron chi connectivity index (χ4n) is 1.90. The highest BCUT2D eigenvalue weighted by Gasteiger charge is 2.33. The highest BCUT2D eigenvalue weighted by molar-refractivity contribution is 5.95. The maximum absolute atomic E-state index is 12.3. The Bertz CT molecular complexity index is 448. The molecule has 1 aromatic carbocycles. The van der Waals surface area contributed by atoms with E-state index in [2.05, 4.69) is 11.2 Å². The first-order valence-electron chi connectivity index (χ1n) is 6.20. The van der Waals surface area contributed by atoms with E-state index in [1.165, 1.54) is 0 Å². The van der Waals surface area contributed by atoms with Gasteiger partial charge >= 0.3 is 0 Å². The lowest BCUT2D eigenvalue weighted by molar-refractivity contribution is -0.125. The molecular formula is C15H20N2O. The SMILES string of the molecule is C#Cc1cccc(NC(=O)C(CC)(CC)CN)c1. The molecule has 18 heavy (non-hydrogen) atoms.